The van der Waals surface area contributed by atoms with Crippen LogP contribution in [0.5, 0.6) is 17.2 Å². The molecule has 0 unspecified atom stereocenters. The van der Waals surface area contributed by atoms with Gasteiger partial charge in [0.15, 0.2) is 22.3 Å². The predicted octanol–water partition coefficient (Wildman–Crippen LogP) is 3.62. The number of methoxy groups -OCH3 is 3. The molecule has 0 saturated carbocycles. The van der Waals surface area contributed by atoms with E-state index < -0.39 is 33.8 Å². The SMILES string of the molecule is CCOC(=O)c1sc(NC(=O)c2cc(OC)c(OC)c(OC)c2)nc1C(F)(F)F. The predicted molar refractivity (Wildman–Crippen MR) is 97.1 cm³/mol. The van der Waals surface area contributed by atoms with Crippen molar-refractivity contribution in [1.82, 2.24) is 4.98 Å². The number of alkyl halides is 3. The van der Waals surface area contributed by atoms with Gasteiger partial charge in [-0.15, -0.1) is 0 Å². The van der Waals surface area contributed by atoms with E-state index in [1.165, 1.54) is 40.4 Å². The molecule has 2 rings (SSSR count). The molecule has 1 amide bonds. The zero-order chi connectivity index (χ0) is 21.8. The number of halogens is 3. The number of benzene rings is 1. The number of amides is 1. The second-order valence-electron chi connectivity index (χ2n) is 5.28. The minimum Gasteiger partial charge on any atom is -0.493 e. The third-order valence-electron chi connectivity index (χ3n) is 3.50. The molecule has 0 fully saturated rings. The van der Waals surface area contributed by atoms with Gasteiger partial charge in [-0.1, -0.05) is 11.3 Å². The minimum absolute atomic E-state index is 0.0148. The number of nitrogens with zero attached hydrogens (tertiary/aromatic N) is 1. The Morgan fingerprint density at radius 2 is 1.69 bits per heavy atom. The molecule has 0 bridgehead atoms. The van der Waals surface area contributed by atoms with Crippen molar-refractivity contribution in [2.45, 2.75) is 13.1 Å². The fourth-order valence-electron chi connectivity index (χ4n) is 2.28. The smallest absolute Gasteiger partial charge is 0.435 e. The second-order valence-corrected chi connectivity index (χ2v) is 6.28. The highest BCUT2D eigenvalue weighted by molar-refractivity contribution is 7.17. The molecular weight excluding hydrogens is 417 g/mol. The third kappa shape index (κ3) is 4.88. The summed E-state index contributed by atoms with van der Waals surface area (Å²) in [4.78, 5) is 26.9. The summed E-state index contributed by atoms with van der Waals surface area (Å²) in [5.41, 5.74) is -1.41. The molecule has 0 saturated heterocycles. The van der Waals surface area contributed by atoms with Crippen LogP contribution in [0.1, 0.15) is 32.6 Å². The average molecular weight is 434 g/mol. The Morgan fingerprint density at radius 3 is 2.14 bits per heavy atom. The molecule has 0 aliphatic heterocycles. The molecule has 1 heterocycles. The van der Waals surface area contributed by atoms with Gasteiger partial charge in [0, 0.05) is 5.56 Å². The van der Waals surface area contributed by atoms with Crippen LogP contribution < -0.4 is 19.5 Å². The summed E-state index contributed by atoms with van der Waals surface area (Å²) in [5, 5.41) is 1.82. The molecule has 12 heteroatoms. The quantitative estimate of drug-likeness (QED) is 0.665. The lowest BCUT2D eigenvalue weighted by Gasteiger charge is -2.13. The van der Waals surface area contributed by atoms with E-state index in [0.29, 0.717) is 11.3 Å². The van der Waals surface area contributed by atoms with Crippen molar-refractivity contribution in [3.8, 4) is 17.2 Å². The standard InChI is InChI=1S/C17H17F3N2O6S/c1-5-28-15(24)12-13(17(18,19)20)21-16(29-12)22-14(23)8-6-9(25-2)11(27-4)10(7-8)26-3/h6-7H,5H2,1-4H3,(H,21,22,23). The van der Waals surface area contributed by atoms with Gasteiger partial charge in [-0.3, -0.25) is 10.1 Å². The van der Waals surface area contributed by atoms with Crippen molar-refractivity contribution in [1.29, 1.82) is 0 Å². The van der Waals surface area contributed by atoms with E-state index in [0.717, 1.165) is 0 Å². The average Bonchev–Trinajstić information content (AvgIpc) is 3.11. The van der Waals surface area contributed by atoms with Gasteiger partial charge in [0.25, 0.3) is 5.91 Å². The van der Waals surface area contributed by atoms with Crippen molar-refractivity contribution in [3.05, 3.63) is 28.3 Å². The van der Waals surface area contributed by atoms with E-state index >= 15 is 0 Å². The largest absolute Gasteiger partial charge is 0.493 e. The van der Waals surface area contributed by atoms with E-state index in [1.54, 1.807) is 0 Å². The number of thiazole rings is 1. The first-order valence-electron chi connectivity index (χ1n) is 8.02. The number of carbonyl (C=O) groups excluding carboxylic acids is 2. The number of hydrogen-bond donors (Lipinski definition) is 1. The maximum atomic E-state index is 13.2. The van der Waals surface area contributed by atoms with Gasteiger partial charge in [0.1, 0.15) is 4.88 Å². The molecule has 29 heavy (non-hydrogen) atoms. The van der Waals surface area contributed by atoms with Crippen LogP contribution >= 0.6 is 11.3 Å². The molecule has 0 atom stereocenters. The molecule has 1 aromatic carbocycles. The van der Waals surface area contributed by atoms with E-state index in [1.807, 2.05) is 0 Å². The lowest BCUT2D eigenvalue weighted by atomic mass is 10.1. The van der Waals surface area contributed by atoms with Crippen LogP contribution in [-0.4, -0.2) is 44.8 Å². The highest BCUT2D eigenvalue weighted by Gasteiger charge is 2.40. The van der Waals surface area contributed by atoms with Crippen LogP contribution in [0.2, 0.25) is 0 Å². The molecule has 0 radical (unpaired) electrons. The maximum Gasteiger partial charge on any atom is 0.435 e. The monoisotopic (exact) mass is 434 g/mol. The number of carbonyl (C=O) groups is 2. The molecule has 0 spiro atoms. The Kier molecular flexibility index (Phi) is 6.90. The van der Waals surface area contributed by atoms with Gasteiger partial charge < -0.3 is 18.9 Å². The van der Waals surface area contributed by atoms with Crippen molar-refractivity contribution in [2.75, 3.05) is 33.3 Å². The van der Waals surface area contributed by atoms with Crippen LogP contribution in [-0.2, 0) is 10.9 Å². The molecule has 1 aromatic heterocycles. The summed E-state index contributed by atoms with van der Waals surface area (Å²) in [6.07, 6.45) is -4.89. The molecule has 158 valence electrons. The first kappa shape index (κ1) is 22.3. The summed E-state index contributed by atoms with van der Waals surface area (Å²) in [6.45, 7) is 1.35. The Bertz CT molecular complexity index is 888. The van der Waals surface area contributed by atoms with Crippen molar-refractivity contribution < 1.29 is 41.7 Å². The van der Waals surface area contributed by atoms with Crippen LogP contribution in [0.3, 0.4) is 0 Å². The summed E-state index contributed by atoms with van der Waals surface area (Å²) in [6, 6.07) is 2.64. The van der Waals surface area contributed by atoms with E-state index in [-0.39, 0.29) is 29.4 Å². The van der Waals surface area contributed by atoms with E-state index in [9.17, 15) is 22.8 Å². The number of aromatic nitrogens is 1. The van der Waals surface area contributed by atoms with Crippen molar-refractivity contribution in [2.24, 2.45) is 0 Å². The number of hydrogen-bond acceptors (Lipinski definition) is 8. The normalized spacial score (nSPS) is 11.0. The lowest BCUT2D eigenvalue weighted by molar-refractivity contribution is -0.141. The van der Waals surface area contributed by atoms with Gasteiger partial charge in [-0.25, -0.2) is 9.78 Å². The molecule has 2 aromatic rings. The Hall–Kier alpha value is -3.02. The molecule has 0 aliphatic rings. The Labute approximate surface area is 167 Å². The van der Waals surface area contributed by atoms with Crippen LogP contribution in [0.25, 0.3) is 0 Å². The molecule has 1 N–H and O–H groups in total. The van der Waals surface area contributed by atoms with E-state index in [2.05, 4.69) is 15.0 Å². The van der Waals surface area contributed by atoms with E-state index in [4.69, 9.17) is 14.2 Å². The topological polar surface area (TPSA) is 96.0 Å². The summed E-state index contributed by atoms with van der Waals surface area (Å²) in [5.74, 6) is -1.36. The highest BCUT2D eigenvalue weighted by atomic mass is 32.1. The van der Waals surface area contributed by atoms with Gasteiger partial charge in [-0.05, 0) is 19.1 Å². The molecule has 8 nitrogen and oxygen atoms in total. The molecule has 0 aliphatic carbocycles. The summed E-state index contributed by atoms with van der Waals surface area (Å²) < 4.78 is 59.6. The van der Waals surface area contributed by atoms with Gasteiger partial charge in [0.05, 0.1) is 27.9 Å². The zero-order valence-corrected chi connectivity index (χ0v) is 16.6. The zero-order valence-electron chi connectivity index (χ0n) is 15.8. The first-order valence-corrected chi connectivity index (χ1v) is 8.84. The second kappa shape index (κ2) is 8.99. The number of anilines is 1. The van der Waals surface area contributed by atoms with Crippen LogP contribution in [0.4, 0.5) is 18.3 Å². The van der Waals surface area contributed by atoms with Crippen molar-refractivity contribution in [3.63, 3.8) is 0 Å². The maximum absolute atomic E-state index is 13.2. The Balaban J connectivity index is 2.39. The number of rotatable bonds is 7. The molecular formula is C17H17F3N2O6S. The number of ether oxygens (including phenoxy) is 4. The Morgan fingerprint density at radius 1 is 1.10 bits per heavy atom. The summed E-state index contributed by atoms with van der Waals surface area (Å²) in [7, 11) is 4.08. The fraction of sp³-hybridized carbons (Fsp3) is 0.353. The van der Waals surface area contributed by atoms with Crippen LogP contribution in [0, 0.1) is 0 Å². The number of nitrogens with one attached hydrogen (secondary N) is 1. The lowest BCUT2D eigenvalue weighted by Crippen LogP contribution is -2.14. The van der Waals surface area contributed by atoms with Crippen LogP contribution in [0.15, 0.2) is 12.1 Å². The van der Waals surface area contributed by atoms with Gasteiger partial charge in [-0.2, -0.15) is 13.2 Å². The first-order chi connectivity index (χ1) is 13.7. The van der Waals surface area contributed by atoms with Crippen molar-refractivity contribution >= 4 is 28.3 Å². The number of esters is 1. The highest BCUT2D eigenvalue weighted by Crippen LogP contribution is 2.39. The minimum atomic E-state index is -4.89. The van der Waals surface area contributed by atoms with Gasteiger partial charge >= 0.3 is 12.1 Å². The fourth-order valence-corrected chi connectivity index (χ4v) is 3.16. The van der Waals surface area contributed by atoms with Gasteiger partial charge in [0.2, 0.25) is 5.75 Å². The summed E-state index contributed by atoms with van der Waals surface area (Å²) >= 11 is 0.360. The third-order valence-corrected chi connectivity index (χ3v) is 4.45.